The van der Waals surface area contributed by atoms with E-state index in [4.69, 9.17) is 4.74 Å². The van der Waals surface area contributed by atoms with Gasteiger partial charge in [0, 0.05) is 12.1 Å². The molecule has 0 N–H and O–H groups in total. The molecule has 2 aromatic rings. The monoisotopic (exact) mass is 386 g/mol. The van der Waals surface area contributed by atoms with E-state index in [0.29, 0.717) is 11.3 Å². The van der Waals surface area contributed by atoms with Crippen LogP contribution in [0, 0.1) is 6.92 Å². The summed E-state index contributed by atoms with van der Waals surface area (Å²) in [6.07, 6.45) is -2.82. The third kappa shape index (κ3) is 4.38. The molecule has 0 fully saturated rings. The van der Waals surface area contributed by atoms with Gasteiger partial charge in [0.25, 0.3) is 6.43 Å². The Labute approximate surface area is 163 Å². The number of alkyl halides is 2. The van der Waals surface area contributed by atoms with Crippen molar-refractivity contribution in [2.24, 2.45) is 4.99 Å². The lowest BCUT2D eigenvalue weighted by atomic mass is 9.97. The summed E-state index contributed by atoms with van der Waals surface area (Å²) in [5.41, 5.74) is 1.94. The molecular formula is C22H24F2N2O2. The molecule has 1 unspecified atom stereocenters. The number of ether oxygens (including phenoxy) is 1. The summed E-state index contributed by atoms with van der Waals surface area (Å²) in [7, 11) is 0. The van der Waals surface area contributed by atoms with Crippen LogP contribution in [0.3, 0.4) is 0 Å². The number of fused-ring (bicyclic) bond motifs is 1. The number of aryl methyl sites for hydroxylation is 1. The maximum absolute atomic E-state index is 13.9. The van der Waals surface area contributed by atoms with Gasteiger partial charge in [0.05, 0.1) is 5.69 Å². The fourth-order valence-corrected chi connectivity index (χ4v) is 3.22. The maximum Gasteiger partial charge on any atom is 0.334 e. The second kappa shape index (κ2) is 7.70. The average molecular weight is 386 g/mol. The number of hydrogen-bond acceptors (Lipinski definition) is 4. The number of rotatable bonds is 4. The van der Waals surface area contributed by atoms with Gasteiger partial charge in [-0.05, 0) is 39.3 Å². The lowest BCUT2D eigenvalue weighted by Gasteiger charge is -2.38. The zero-order valence-corrected chi connectivity index (χ0v) is 16.4. The molecule has 148 valence electrons. The molecule has 1 atom stereocenters. The molecule has 3 rings (SSSR count). The number of nitrogens with zero attached hydrogens (tertiary/aromatic N) is 2. The van der Waals surface area contributed by atoms with Crippen molar-refractivity contribution >= 4 is 17.5 Å². The highest BCUT2D eigenvalue weighted by Crippen LogP contribution is 2.39. The van der Waals surface area contributed by atoms with E-state index < -0.39 is 29.9 Å². The van der Waals surface area contributed by atoms with Crippen LogP contribution in [-0.4, -0.2) is 28.7 Å². The van der Waals surface area contributed by atoms with E-state index in [1.807, 2.05) is 43.3 Å². The molecule has 1 heterocycles. The number of hydrogen-bond donors (Lipinski definition) is 0. The Balaban J connectivity index is 2.12. The van der Waals surface area contributed by atoms with Gasteiger partial charge in [-0.2, -0.15) is 0 Å². The molecule has 4 nitrogen and oxygen atoms in total. The first-order chi connectivity index (χ1) is 13.2. The Hall–Kier alpha value is -2.76. The first-order valence-electron chi connectivity index (χ1n) is 9.16. The summed E-state index contributed by atoms with van der Waals surface area (Å²) in [6.45, 7) is 7.29. The Morgan fingerprint density at radius 2 is 1.86 bits per heavy atom. The van der Waals surface area contributed by atoms with Gasteiger partial charge >= 0.3 is 5.97 Å². The molecule has 0 saturated carbocycles. The first kappa shape index (κ1) is 20.0. The summed E-state index contributed by atoms with van der Waals surface area (Å²) in [4.78, 5) is 18.6. The summed E-state index contributed by atoms with van der Waals surface area (Å²) in [5.74, 6) is -0.987. The molecule has 1 aliphatic rings. The van der Waals surface area contributed by atoms with Gasteiger partial charge in [-0.15, -0.1) is 0 Å². The van der Waals surface area contributed by atoms with Crippen LogP contribution in [0.4, 0.5) is 14.5 Å². The fourth-order valence-electron chi connectivity index (χ4n) is 3.22. The topological polar surface area (TPSA) is 41.9 Å². The van der Waals surface area contributed by atoms with Crippen molar-refractivity contribution in [1.29, 1.82) is 0 Å². The Morgan fingerprint density at radius 1 is 1.18 bits per heavy atom. The largest absolute Gasteiger partial charge is 0.458 e. The second-order valence-corrected chi connectivity index (χ2v) is 7.88. The van der Waals surface area contributed by atoms with Crippen molar-refractivity contribution < 1.29 is 18.3 Å². The van der Waals surface area contributed by atoms with Gasteiger partial charge < -0.3 is 9.64 Å². The van der Waals surface area contributed by atoms with Crippen molar-refractivity contribution in [2.75, 3.05) is 0 Å². The Morgan fingerprint density at radius 3 is 2.46 bits per heavy atom. The zero-order valence-electron chi connectivity index (χ0n) is 16.4. The SMILES string of the molecule is Cc1ccc2c(c1)C(C(=O)OC(C)(C)C)N(Cc1ccccc1)C(C(F)F)=N2. The number of carbonyl (C=O) groups is 1. The second-order valence-electron chi connectivity index (χ2n) is 7.88. The molecule has 0 saturated heterocycles. The van der Waals surface area contributed by atoms with E-state index in [0.717, 1.165) is 11.1 Å². The number of carbonyl (C=O) groups excluding carboxylic acids is 1. The third-order valence-corrected chi connectivity index (χ3v) is 4.34. The van der Waals surface area contributed by atoms with Crippen LogP contribution < -0.4 is 0 Å². The molecule has 0 aliphatic carbocycles. The van der Waals surface area contributed by atoms with Gasteiger partial charge in [0.15, 0.2) is 11.9 Å². The maximum atomic E-state index is 13.9. The minimum atomic E-state index is -2.82. The highest BCUT2D eigenvalue weighted by molar-refractivity contribution is 5.95. The van der Waals surface area contributed by atoms with Crippen LogP contribution in [0.25, 0.3) is 0 Å². The van der Waals surface area contributed by atoms with E-state index in [1.54, 1.807) is 32.9 Å². The molecule has 0 radical (unpaired) electrons. The minimum absolute atomic E-state index is 0.126. The lowest BCUT2D eigenvalue weighted by molar-refractivity contribution is -0.160. The van der Waals surface area contributed by atoms with Crippen molar-refractivity contribution in [3.05, 3.63) is 65.2 Å². The summed E-state index contributed by atoms with van der Waals surface area (Å²) in [5, 5.41) is 0. The van der Waals surface area contributed by atoms with Gasteiger partial charge in [0.1, 0.15) is 5.60 Å². The normalized spacial score (nSPS) is 16.6. The number of halogens is 2. The zero-order chi connectivity index (χ0) is 20.5. The average Bonchev–Trinajstić information content (AvgIpc) is 2.60. The van der Waals surface area contributed by atoms with Gasteiger partial charge in [0.2, 0.25) is 0 Å². The van der Waals surface area contributed by atoms with Crippen LogP contribution >= 0.6 is 0 Å². The van der Waals surface area contributed by atoms with E-state index in [2.05, 4.69) is 4.99 Å². The predicted molar refractivity (Wildman–Crippen MR) is 105 cm³/mol. The molecule has 0 aromatic heterocycles. The molecular weight excluding hydrogens is 362 g/mol. The highest BCUT2D eigenvalue weighted by Gasteiger charge is 2.40. The van der Waals surface area contributed by atoms with Gasteiger partial charge in [-0.25, -0.2) is 18.6 Å². The molecule has 1 aliphatic heterocycles. The van der Waals surface area contributed by atoms with Crippen LogP contribution in [0.5, 0.6) is 0 Å². The molecule has 28 heavy (non-hydrogen) atoms. The van der Waals surface area contributed by atoms with Crippen molar-refractivity contribution in [1.82, 2.24) is 4.90 Å². The van der Waals surface area contributed by atoms with Gasteiger partial charge in [-0.3, -0.25) is 0 Å². The molecule has 0 amide bonds. The van der Waals surface area contributed by atoms with Crippen molar-refractivity contribution in [2.45, 2.75) is 52.3 Å². The number of aliphatic imine (C=N–C) groups is 1. The summed E-state index contributed by atoms with van der Waals surface area (Å²) >= 11 is 0. The third-order valence-electron chi connectivity index (χ3n) is 4.34. The molecule has 6 heteroatoms. The number of amidine groups is 1. The van der Waals surface area contributed by atoms with Crippen LogP contribution in [-0.2, 0) is 16.1 Å². The molecule has 2 aromatic carbocycles. The smallest absolute Gasteiger partial charge is 0.334 e. The number of esters is 1. The summed E-state index contributed by atoms with van der Waals surface area (Å²) < 4.78 is 33.4. The standard InChI is InChI=1S/C22H24F2N2O2/c1-14-10-11-17-16(12-14)18(21(27)28-22(2,3)4)26(20(25-17)19(23)24)13-15-8-6-5-7-9-15/h5-12,18-19H,13H2,1-4H3. The molecule has 0 spiro atoms. The van der Waals surface area contributed by atoms with Crippen LogP contribution in [0.1, 0.15) is 43.5 Å². The van der Waals surface area contributed by atoms with E-state index in [-0.39, 0.29) is 6.54 Å². The van der Waals surface area contributed by atoms with Crippen LogP contribution in [0.2, 0.25) is 0 Å². The van der Waals surface area contributed by atoms with E-state index >= 15 is 0 Å². The quantitative estimate of drug-likeness (QED) is 0.679. The number of benzene rings is 2. The van der Waals surface area contributed by atoms with E-state index in [9.17, 15) is 13.6 Å². The first-order valence-corrected chi connectivity index (χ1v) is 9.16. The van der Waals surface area contributed by atoms with E-state index in [1.165, 1.54) is 4.90 Å². The Kier molecular flexibility index (Phi) is 5.49. The summed E-state index contributed by atoms with van der Waals surface area (Å²) in [6, 6.07) is 13.5. The van der Waals surface area contributed by atoms with Crippen LogP contribution in [0.15, 0.2) is 53.5 Å². The molecule has 0 bridgehead atoms. The minimum Gasteiger partial charge on any atom is -0.458 e. The van der Waals surface area contributed by atoms with Gasteiger partial charge in [-0.1, -0.05) is 48.0 Å². The van der Waals surface area contributed by atoms with Crippen molar-refractivity contribution in [3.8, 4) is 0 Å². The Bertz CT molecular complexity index is 889. The fraction of sp³-hybridized carbons (Fsp3) is 0.364. The lowest BCUT2D eigenvalue weighted by Crippen LogP contribution is -2.45. The highest BCUT2D eigenvalue weighted by atomic mass is 19.3. The van der Waals surface area contributed by atoms with Crippen molar-refractivity contribution in [3.63, 3.8) is 0 Å². The predicted octanol–water partition coefficient (Wildman–Crippen LogP) is 5.19.